The Hall–Kier alpha value is -1.70. The van der Waals surface area contributed by atoms with Crippen molar-refractivity contribution in [3.8, 4) is 5.75 Å². The number of methoxy groups -OCH3 is 1. The fraction of sp³-hybridized carbons (Fsp3) is 0.588. The van der Waals surface area contributed by atoms with Crippen LogP contribution in [0.25, 0.3) is 0 Å². The zero-order valence-corrected chi connectivity index (χ0v) is 14.4. The SMILES string of the molecule is COC(C)(C)C(=O)N[C@@H](CCCN)C(O)COc1cccc(F)c1. The van der Waals surface area contributed by atoms with E-state index in [1.165, 1.54) is 25.3 Å². The predicted molar refractivity (Wildman–Crippen MR) is 89.2 cm³/mol. The average Bonchev–Trinajstić information content (AvgIpc) is 2.56. The molecule has 0 aromatic heterocycles. The Balaban J connectivity index is 2.66. The van der Waals surface area contributed by atoms with Crippen molar-refractivity contribution < 1.29 is 23.8 Å². The highest BCUT2D eigenvalue weighted by molar-refractivity contribution is 5.84. The van der Waals surface area contributed by atoms with Crippen molar-refractivity contribution in [2.45, 2.75) is 44.4 Å². The van der Waals surface area contributed by atoms with Gasteiger partial charge in [0.2, 0.25) is 0 Å². The van der Waals surface area contributed by atoms with Crippen LogP contribution in [0.4, 0.5) is 4.39 Å². The van der Waals surface area contributed by atoms with Gasteiger partial charge in [-0.2, -0.15) is 0 Å². The average molecular weight is 342 g/mol. The maximum atomic E-state index is 13.1. The highest BCUT2D eigenvalue weighted by Gasteiger charge is 2.31. The molecule has 1 aromatic rings. The Morgan fingerprint density at radius 1 is 1.46 bits per heavy atom. The molecule has 0 spiro atoms. The molecular formula is C17H27FN2O4. The molecule has 0 heterocycles. The molecule has 0 saturated carbocycles. The van der Waals surface area contributed by atoms with E-state index in [0.29, 0.717) is 25.1 Å². The number of benzene rings is 1. The topological polar surface area (TPSA) is 93.8 Å². The van der Waals surface area contributed by atoms with Crippen LogP contribution in [0, 0.1) is 5.82 Å². The summed E-state index contributed by atoms with van der Waals surface area (Å²) in [7, 11) is 1.44. The molecule has 1 aromatic carbocycles. The molecule has 1 unspecified atom stereocenters. The number of amides is 1. The first-order valence-electron chi connectivity index (χ1n) is 7.92. The molecule has 0 fully saturated rings. The summed E-state index contributed by atoms with van der Waals surface area (Å²) < 4.78 is 23.7. The first-order chi connectivity index (χ1) is 11.3. The number of ether oxygens (including phenoxy) is 2. The number of hydrogen-bond donors (Lipinski definition) is 3. The van der Waals surface area contributed by atoms with Gasteiger partial charge < -0.3 is 25.6 Å². The van der Waals surface area contributed by atoms with E-state index in [-0.39, 0.29) is 12.5 Å². The van der Waals surface area contributed by atoms with Gasteiger partial charge in [-0.1, -0.05) is 6.07 Å². The third kappa shape index (κ3) is 6.43. The van der Waals surface area contributed by atoms with E-state index < -0.39 is 23.6 Å². The second-order valence-electron chi connectivity index (χ2n) is 6.06. The molecule has 7 heteroatoms. The molecule has 0 saturated heterocycles. The summed E-state index contributed by atoms with van der Waals surface area (Å²) in [6, 6.07) is 5.11. The highest BCUT2D eigenvalue weighted by Crippen LogP contribution is 2.14. The number of hydrogen-bond acceptors (Lipinski definition) is 5. The van der Waals surface area contributed by atoms with E-state index in [9.17, 15) is 14.3 Å². The van der Waals surface area contributed by atoms with Crippen molar-refractivity contribution in [3.05, 3.63) is 30.1 Å². The van der Waals surface area contributed by atoms with Gasteiger partial charge in [-0.25, -0.2) is 4.39 Å². The summed E-state index contributed by atoms with van der Waals surface area (Å²) in [5.41, 5.74) is 4.50. The molecule has 0 aliphatic rings. The normalized spacial score (nSPS) is 14.1. The van der Waals surface area contributed by atoms with E-state index in [4.69, 9.17) is 15.2 Å². The first-order valence-corrected chi connectivity index (χ1v) is 7.92. The van der Waals surface area contributed by atoms with Crippen molar-refractivity contribution in [2.75, 3.05) is 20.3 Å². The van der Waals surface area contributed by atoms with Crippen LogP contribution in [-0.4, -0.2) is 49.0 Å². The van der Waals surface area contributed by atoms with Crippen LogP contribution in [0.5, 0.6) is 5.75 Å². The molecule has 24 heavy (non-hydrogen) atoms. The van der Waals surface area contributed by atoms with Crippen LogP contribution < -0.4 is 15.8 Å². The van der Waals surface area contributed by atoms with Crippen LogP contribution in [0.2, 0.25) is 0 Å². The molecule has 0 aliphatic heterocycles. The van der Waals surface area contributed by atoms with Gasteiger partial charge in [-0.05, 0) is 45.4 Å². The van der Waals surface area contributed by atoms with Crippen LogP contribution in [-0.2, 0) is 9.53 Å². The molecule has 136 valence electrons. The van der Waals surface area contributed by atoms with E-state index in [1.807, 2.05) is 0 Å². The van der Waals surface area contributed by atoms with Gasteiger partial charge in [0.15, 0.2) is 0 Å². The largest absolute Gasteiger partial charge is 0.491 e. The zero-order valence-electron chi connectivity index (χ0n) is 14.4. The predicted octanol–water partition coefficient (Wildman–Crippen LogP) is 1.21. The third-order valence-corrected chi connectivity index (χ3v) is 3.77. The van der Waals surface area contributed by atoms with Gasteiger partial charge in [-0.15, -0.1) is 0 Å². The molecule has 4 N–H and O–H groups in total. The lowest BCUT2D eigenvalue weighted by molar-refractivity contribution is -0.141. The van der Waals surface area contributed by atoms with E-state index in [0.717, 1.165) is 0 Å². The molecule has 0 bridgehead atoms. The van der Waals surface area contributed by atoms with Crippen molar-refractivity contribution in [3.63, 3.8) is 0 Å². The van der Waals surface area contributed by atoms with Gasteiger partial charge in [0, 0.05) is 13.2 Å². The number of carbonyl (C=O) groups excluding carboxylic acids is 1. The minimum Gasteiger partial charge on any atom is -0.491 e. The number of nitrogens with two attached hydrogens (primary N) is 1. The summed E-state index contributed by atoms with van der Waals surface area (Å²) >= 11 is 0. The summed E-state index contributed by atoms with van der Waals surface area (Å²) in [6.45, 7) is 3.64. The summed E-state index contributed by atoms with van der Waals surface area (Å²) in [5, 5.41) is 13.1. The summed E-state index contributed by atoms with van der Waals surface area (Å²) in [5.74, 6) is -0.441. The van der Waals surface area contributed by atoms with E-state index in [1.54, 1.807) is 19.9 Å². The lowest BCUT2D eigenvalue weighted by Gasteiger charge is -2.29. The minimum atomic E-state index is -1.01. The number of aliphatic hydroxyl groups is 1. The molecular weight excluding hydrogens is 315 g/mol. The fourth-order valence-corrected chi connectivity index (χ4v) is 1.99. The minimum absolute atomic E-state index is 0.0770. The molecule has 2 atom stereocenters. The molecule has 0 radical (unpaired) electrons. The quantitative estimate of drug-likeness (QED) is 0.594. The van der Waals surface area contributed by atoms with E-state index in [2.05, 4.69) is 5.32 Å². The Kier molecular flexibility index (Phi) is 8.10. The maximum Gasteiger partial charge on any atom is 0.251 e. The maximum absolute atomic E-state index is 13.1. The van der Waals surface area contributed by atoms with Gasteiger partial charge in [-0.3, -0.25) is 4.79 Å². The van der Waals surface area contributed by atoms with Crippen LogP contribution in [0.1, 0.15) is 26.7 Å². The zero-order chi connectivity index (χ0) is 18.2. The van der Waals surface area contributed by atoms with Gasteiger partial charge >= 0.3 is 0 Å². The second-order valence-corrected chi connectivity index (χ2v) is 6.06. The number of aliphatic hydroxyl groups excluding tert-OH is 1. The van der Waals surface area contributed by atoms with Gasteiger partial charge in [0.05, 0.1) is 6.04 Å². The summed E-state index contributed by atoms with van der Waals surface area (Å²) in [6.07, 6.45) is 0.168. The smallest absolute Gasteiger partial charge is 0.251 e. The van der Waals surface area contributed by atoms with Crippen molar-refractivity contribution in [1.29, 1.82) is 0 Å². The van der Waals surface area contributed by atoms with Crippen LogP contribution in [0.3, 0.4) is 0 Å². The van der Waals surface area contributed by atoms with Crippen LogP contribution >= 0.6 is 0 Å². The standard InChI is InChI=1S/C17H27FN2O4/c1-17(2,23-3)16(22)20-14(8-5-9-19)15(21)11-24-13-7-4-6-12(18)10-13/h4,6-7,10,14-15,21H,5,8-9,11,19H2,1-3H3,(H,20,22)/t14-,15?/m0/s1. The lowest BCUT2D eigenvalue weighted by atomic mass is 10.0. The number of halogens is 1. The monoisotopic (exact) mass is 342 g/mol. The third-order valence-electron chi connectivity index (χ3n) is 3.77. The Morgan fingerprint density at radius 2 is 2.17 bits per heavy atom. The number of nitrogens with one attached hydrogen (secondary N) is 1. The number of carbonyl (C=O) groups is 1. The lowest BCUT2D eigenvalue weighted by Crippen LogP contribution is -2.52. The summed E-state index contributed by atoms with van der Waals surface area (Å²) in [4.78, 5) is 12.2. The molecule has 1 amide bonds. The molecule has 0 aliphatic carbocycles. The Labute approximate surface area is 142 Å². The second kappa shape index (κ2) is 9.56. The van der Waals surface area contributed by atoms with Gasteiger partial charge in [0.1, 0.15) is 29.9 Å². The Bertz CT molecular complexity index is 525. The molecule has 1 rings (SSSR count). The van der Waals surface area contributed by atoms with Crippen molar-refractivity contribution in [1.82, 2.24) is 5.32 Å². The number of rotatable bonds is 10. The first kappa shape index (κ1) is 20.3. The van der Waals surface area contributed by atoms with Crippen LogP contribution in [0.15, 0.2) is 24.3 Å². The fourth-order valence-electron chi connectivity index (χ4n) is 1.99. The highest BCUT2D eigenvalue weighted by atomic mass is 19.1. The van der Waals surface area contributed by atoms with Crippen molar-refractivity contribution >= 4 is 5.91 Å². The van der Waals surface area contributed by atoms with Gasteiger partial charge in [0.25, 0.3) is 5.91 Å². The van der Waals surface area contributed by atoms with Crippen molar-refractivity contribution in [2.24, 2.45) is 5.73 Å². The molecule has 6 nitrogen and oxygen atoms in total. The Morgan fingerprint density at radius 3 is 2.75 bits per heavy atom. The van der Waals surface area contributed by atoms with E-state index >= 15 is 0 Å².